The van der Waals surface area contributed by atoms with Crippen LogP contribution in [0.1, 0.15) is 52.5 Å². The fourth-order valence-electron chi connectivity index (χ4n) is 6.04. The van der Waals surface area contributed by atoms with Gasteiger partial charge in [0.15, 0.2) is 0 Å². The van der Waals surface area contributed by atoms with Gasteiger partial charge in [-0.25, -0.2) is 13.2 Å². The molecule has 0 radical (unpaired) electrons. The first-order chi connectivity index (χ1) is 16.6. The van der Waals surface area contributed by atoms with Crippen LogP contribution in [-0.2, 0) is 20.9 Å². The summed E-state index contributed by atoms with van der Waals surface area (Å²) in [5, 5.41) is 13.4. The van der Waals surface area contributed by atoms with Gasteiger partial charge in [-0.15, -0.1) is 0 Å². The first-order valence-electron chi connectivity index (χ1n) is 12.3. The van der Waals surface area contributed by atoms with E-state index in [1.54, 1.807) is 0 Å². The molecule has 8 nitrogen and oxygen atoms in total. The molecule has 1 amide bonds. The number of fused-ring (bicyclic) bond motifs is 3. The van der Waals surface area contributed by atoms with E-state index in [0.29, 0.717) is 18.9 Å². The third kappa shape index (κ3) is 4.97. The monoisotopic (exact) mass is 533 g/mol. The van der Waals surface area contributed by atoms with Crippen molar-refractivity contribution in [3.05, 3.63) is 29.8 Å². The lowest BCUT2D eigenvalue weighted by molar-refractivity contribution is -0.137. The molecule has 1 saturated carbocycles. The number of benzene rings is 1. The lowest BCUT2D eigenvalue weighted by Crippen LogP contribution is -2.58. The van der Waals surface area contributed by atoms with E-state index in [1.165, 1.54) is 15.3 Å². The van der Waals surface area contributed by atoms with Gasteiger partial charge < -0.3 is 9.84 Å². The van der Waals surface area contributed by atoms with E-state index >= 15 is 0 Å². The van der Waals surface area contributed by atoms with Crippen molar-refractivity contribution in [3.63, 3.8) is 0 Å². The summed E-state index contributed by atoms with van der Waals surface area (Å²) in [5.41, 5.74) is -1.64. The number of hydrogen-bond donors (Lipinski definition) is 2. The molecule has 2 N–H and O–H groups in total. The Balaban J connectivity index is 1.50. The molecule has 1 aliphatic carbocycles. The Labute approximate surface area is 209 Å². The molecular formula is C24H34F3N3O5S. The van der Waals surface area contributed by atoms with Gasteiger partial charge >= 0.3 is 12.3 Å². The SMILES string of the molecule is CCCC(C1NC2C(C[C@H]3CN(S(=O)(=O)c4cccc(C(F)(F)F)c4)CC23)O1)N(C(=O)O)C(C)(C)C. The molecule has 202 valence electrons. The molecule has 36 heavy (non-hydrogen) atoms. The van der Waals surface area contributed by atoms with E-state index in [2.05, 4.69) is 5.32 Å². The van der Waals surface area contributed by atoms with E-state index < -0.39 is 45.7 Å². The van der Waals surface area contributed by atoms with Gasteiger partial charge in [-0.3, -0.25) is 10.2 Å². The second-order valence-electron chi connectivity index (χ2n) is 11.0. The maximum absolute atomic E-state index is 13.2. The maximum Gasteiger partial charge on any atom is 0.416 e. The van der Waals surface area contributed by atoms with Crippen molar-refractivity contribution in [2.75, 3.05) is 13.1 Å². The molecule has 3 aliphatic rings. The van der Waals surface area contributed by atoms with Gasteiger partial charge in [-0.2, -0.15) is 17.5 Å². The first kappa shape index (κ1) is 27.2. The molecule has 2 aliphatic heterocycles. The average Bonchev–Trinajstić information content (AvgIpc) is 3.42. The van der Waals surface area contributed by atoms with Crippen LogP contribution >= 0.6 is 0 Å². The summed E-state index contributed by atoms with van der Waals surface area (Å²) < 4.78 is 73.4. The average molecular weight is 534 g/mol. The largest absolute Gasteiger partial charge is 0.465 e. The summed E-state index contributed by atoms with van der Waals surface area (Å²) in [4.78, 5) is 13.2. The number of nitrogens with one attached hydrogen (secondary N) is 1. The van der Waals surface area contributed by atoms with E-state index in [-0.39, 0.29) is 42.0 Å². The highest BCUT2D eigenvalue weighted by Crippen LogP contribution is 2.45. The van der Waals surface area contributed by atoms with Crippen LogP contribution in [0.3, 0.4) is 0 Å². The number of carboxylic acid groups (broad SMARTS) is 1. The van der Waals surface area contributed by atoms with Crippen LogP contribution in [0, 0.1) is 11.8 Å². The smallest absolute Gasteiger partial charge is 0.416 e. The summed E-state index contributed by atoms with van der Waals surface area (Å²) in [6, 6.07) is 3.27. The predicted octanol–water partition coefficient (Wildman–Crippen LogP) is 3.98. The van der Waals surface area contributed by atoms with Crippen LogP contribution < -0.4 is 5.32 Å². The van der Waals surface area contributed by atoms with Gasteiger partial charge in [0.25, 0.3) is 0 Å². The van der Waals surface area contributed by atoms with Gasteiger partial charge in [0.05, 0.1) is 22.6 Å². The summed E-state index contributed by atoms with van der Waals surface area (Å²) in [5.74, 6) is -0.0624. The zero-order valence-electron chi connectivity index (χ0n) is 20.8. The molecular weight excluding hydrogens is 499 g/mol. The molecule has 6 atom stereocenters. The summed E-state index contributed by atoms with van der Waals surface area (Å²) >= 11 is 0. The maximum atomic E-state index is 13.2. The molecule has 5 unspecified atom stereocenters. The second-order valence-corrected chi connectivity index (χ2v) is 12.9. The van der Waals surface area contributed by atoms with Crippen molar-refractivity contribution < 1.29 is 36.2 Å². The molecule has 1 aromatic carbocycles. The van der Waals surface area contributed by atoms with Crippen LogP contribution in [0.25, 0.3) is 0 Å². The summed E-state index contributed by atoms with van der Waals surface area (Å²) in [7, 11) is -4.10. The summed E-state index contributed by atoms with van der Waals surface area (Å²) in [6.07, 6.45) is -4.38. The Hall–Kier alpha value is -1.89. The number of amides is 1. The van der Waals surface area contributed by atoms with Crippen LogP contribution in [-0.4, -0.2) is 71.9 Å². The molecule has 1 aromatic rings. The lowest BCUT2D eigenvalue weighted by Gasteiger charge is -2.42. The zero-order valence-corrected chi connectivity index (χ0v) is 21.6. The molecule has 4 rings (SSSR count). The Morgan fingerprint density at radius 1 is 1.28 bits per heavy atom. The van der Waals surface area contributed by atoms with E-state index in [0.717, 1.165) is 18.6 Å². The number of ether oxygens (including phenoxy) is 1. The first-order valence-corrected chi connectivity index (χ1v) is 13.7. The molecule has 0 aromatic heterocycles. The minimum absolute atomic E-state index is 0.0110. The van der Waals surface area contributed by atoms with Gasteiger partial charge in [-0.1, -0.05) is 19.4 Å². The Bertz CT molecular complexity index is 1090. The van der Waals surface area contributed by atoms with E-state index in [4.69, 9.17) is 4.74 Å². The Morgan fingerprint density at radius 3 is 2.56 bits per heavy atom. The van der Waals surface area contributed by atoms with Crippen molar-refractivity contribution in [1.82, 2.24) is 14.5 Å². The number of carbonyl (C=O) groups is 1. The third-order valence-corrected chi connectivity index (χ3v) is 9.35. The van der Waals surface area contributed by atoms with Crippen LogP contribution in [0.2, 0.25) is 0 Å². The lowest BCUT2D eigenvalue weighted by atomic mass is 9.96. The number of alkyl halides is 3. The molecule has 0 bridgehead atoms. The highest BCUT2D eigenvalue weighted by Gasteiger charge is 2.56. The number of halogens is 3. The topological polar surface area (TPSA) is 99.2 Å². The van der Waals surface area contributed by atoms with Crippen molar-refractivity contribution in [2.24, 2.45) is 11.8 Å². The zero-order chi connectivity index (χ0) is 26.6. The molecule has 2 heterocycles. The highest BCUT2D eigenvalue weighted by atomic mass is 32.2. The summed E-state index contributed by atoms with van der Waals surface area (Å²) in [6.45, 7) is 7.88. The number of rotatable bonds is 6. The van der Waals surface area contributed by atoms with Gasteiger partial charge in [-0.05, 0) is 63.6 Å². The normalized spacial score (nSPS) is 29.7. The van der Waals surface area contributed by atoms with Crippen molar-refractivity contribution in [3.8, 4) is 0 Å². The minimum Gasteiger partial charge on any atom is -0.465 e. The van der Waals surface area contributed by atoms with Crippen LogP contribution in [0.4, 0.5) is 18.0 Å². The van der Waals surface area contributed by atoms with Gasteiger partial charge in [0.1, 0.15) is 6.23 Å². The van der Waals surface area contributed by atoms with Gasteiger partial charge in [0, 0.05) is 24.7 Å². The molecule has 12 heteroatoms. The van der Waals surface area contributed by atoms with Crippen LogP contribution in [0.5, 0.6) is 0 Å². The highest BCUT2D eigenvalue weighted by molar-refractivity contribution is 7.89. The van der Waals surface area contributed by atoms with Crippen LogP contribution in [0.15, 0.2) is 29.2 Å². The van der Waals surface area contributed by atoms with E-state index in [9.17, 15) is 31.5 Å². The third-order valence-electron chi connectivity index (χ3n) is 7.53. The van der Waals surface area contributed by atoms with E-state index in [1.807, 2.05) is 27.7 Å². The fourth-order valence-corrected chi connectivity index (χ4v) is 7.62. The fraction of sp³-hybridized carbons (Fsp3) is 0.708. The number of sulfonamides is 1. The van der Waals surface area contributed by atoms with Crippen molar-refractivity contribution in [1.29, 1.82) is 0 Å². The minimum atomic E-state index is -4.63. The number of nitrogens with zero attached hydrogens (tertiary/aromatic N) is 2. The second kappa shape index (κ2) is 9.45. The molecule has 0 spiro atoms. The quantitative estimate of drug-likeness (QED) is 0.574. The van der Waals surface area contributed by atoms with Gasteiger partial charge in [0.2, 0.25) is 10.0 Å². The molecule has 3 fully saturated rings. The van der Waals surface area contributed by atoms with Crippen molar-refractivity contribution in [2.45, 2.75) is 88.0 Å². The van der Waals surface area contributed by atoms with Crippen molar-refractivity contribution >= 4 is 16.1 Å². The Kier molecular flexibility index (Phi) is 7.13. The molecule has 2 saturated heterocycles. The standard InChI is InChI=1S/C24H34F3N3O5S/c1-5-7-18(30(22(31)32)23(2,3)4)21-28-20-17-13-29(12-14(17)10-19(20)35-21)36(33,34)16-9-6-8-15(11-16)24(25,26)27/h6,8-9,11,14,17-21,28H,5,7,10,12-13H2,1-4H3,(H,31,32)/t14-,17?,18?,19?,20?,21?/m0/s1. The predicted molar refractivity (Wildman–Crippen MR) is 126 cm³/mol. The Morgan fingerprint density at radius 2 is 1.97 bits per heavy atom. The number of hydrogen-bond acceptors (Lipinski definition) is 5.